The van der Waals surface area contributed by atoms with Gasteiger partial charge >= 0.3 is 0 Å². The summed E-state index contributed by atoms with van der Waals surface area (Å²) in [5, 5.41) is 19.0. The molecular weight excluding hydrogens is 1740 g/mol. The van der Waals surface area contributed by atoms with Crippen molar-refractivity contribution in [1.29, 1.82) is 0 Å². The number of aromatic amines is 3. The molecule has 9 heterocycles. The highest BCUT2D eigenvalue weighted by Gasteiger charge is 2.69. The molecule has 39 heteroatoms. The first kappa shape index (κ1) is 77.9. The zero-order valence-electron chi connectivity index (χ0n) is 57.9. The lowest BCUT2D eigenvalue weighted by atomic mass is 10.0. The van der Waals surface area contributed by atoms with Gasteiger partial charge < -0.3 is 30.9 Å². The summed E-state index contributed by atoms with van der Waals surface area (Å²) in [5.74, 6) is -22.7. The maximum atomic E-state index is 14.9. The van der Waals surface area contributed by atoms with Gasteiger partial charge in [-0.2, -0.15) is 41.6 Å². The van der Waals surface area contributed by atoms with E-state index in [4.69, 9.17) is 0 Å². The number of aromatic nitrogens is 12. The number of amides is 3. The predicted molar refractivity (Wildman–Crippen MR) is 380 cm³/mol. The van der Waals surface area contributed by atoms with Gasteiger partial charge in [-0.05, 0) is 194 Å². The number of carbonyl (C=O) groups excluding carboxylic acids is 3. The van der Waals surface area contributed by atoms with Crippen LogP contribution < -0.4 is 16.0 Å². The van der Waals surface area contributed by atoms with Gasteiger partial charge in [0.25, 0.3) is 37.0 Å². The molecule has 18 rings (SSSR count). The molecule has 9 atom stereocenters. The minimum atomic E-state index is -3.37. The molecule has 18 nitrogen and oxygen atoms in total. The Bertz CT molecular complexity index is 5250. The molecule has 594 valence electrons. The van der Waals surface area contributed by atoms with E-state index in [1.807, 2.05) is 0 Å². The topological polar surface area (TPSA) is 227 Å². The highest BCUT2D eigenvalue weighted by Crippen LogP contribution is 2.70. The van der Waals surface area contributed by atoms with Crippen molar-refractivity contribution in [1.82, 2.24) is 75.2 Å². The van der Waals surface area contributed by atoms with E-state index in [-0.39, 0.29) is 71.9 Å². The number of carbonyl (C=O) groups is 3. The average Bonchev–Trinajstić information content (AvgIpc) is 1.53. The number of nitrogens with one attached hydrogen (secondary N) is 6. The van der Waals surface area contributed by atoms with Gasteiger partial charge in [-0.25, -0.2) is 67.6 Å². The summed E-state index contributed by atoms with van der Waals surface area (Å²) >= 11 is 10.2. The zero-order valence-corrected chi connectivity index (χ0v) is 62.6. The SMILES string of the molecule is O=C(Cn1nc(C(F)F)c2c1C(F)(F)[C@@H]1C[C@H]21)NC(Cc1cc(F)cc(F)c1)c1nc2cc[nH]c2cc1Br.O=C(Cn1nc(C(F)F)c2c1C(F)(F)[C@@H]1C[C@H]21)N[C@@H](Cc1cc(F)cc(F)c1)c1nc2cc[nH]c2cc1Br.O=C(Cn1nc(C(F)F)c2c1C(F)(F)[C@@H]1C[C@H]21)N[C@H](Cc1cc(F)cc(F)c1)c1nc2cc[nH]c2cc1Br. The summed E-state index contributed by atoms with van der Waals surface area (Å²) in [4.78, 5) is 62.0. The number of rotatable bonds is 21. The van der Waals surface area contributed by atoms with Crippen LogP contribution in [0.5, 0.6) is 0 Å². The Labute approximate surface area is 655 Å². The van der Waals surface area contributed by atoms with Crippen molar-refractivity contribution >= 4 is 98.6 Å². The smallest absolute Gasteiger partial charge is 0.293 e. The third-order valence-corrected chi connectivity index (χ3v) is 22.9. The molecule has 6 N–H and O–H groups in total. The second-order valence-corrected chi connectivity index (χ2v) is 31.2. The lowest BCUT2D eigenvalue weighted by molar-refractivity contribution is -0.123. The molecular formula is C75H54Br3F18N15O3. The van der Waals surface area contributed by atoms with Crippen LogP contribution in [-0.4, -0.2) is 77.0 Å². The number of benzene rings is 3. The van der Waals surface area contributed by atoms with Crippen LogP contribution in [-0.2, 0) is 71.0 Å². The van der Waals surface area contributed by atoms with Crippen LogP contribution in [0.2, 0.25) is 0 Å². The lowest BCUT2D eigenvalue weighted by Crippen LogP contribution is -2.35. The maximum Gasteiger partial charge on any atom is 0.293 e. The number of alkyl halides is 12. The van der Waals surface area contributed by atoms with Crippen LogP contribution in [0.4, 0.5) is 79.0 Å². The molecule has 12 aromatic rings. The fraction of sp³-hybridized carbons (Fsp3) is 0.320. The van der Waals surface area contributed by atoms with Crippen molar-refractivity contribution in [3.05, 3.63) is 243 Å². The summed E-state index contributed by atoms with van der Waals surface area (Å²) in [6.07, 6.45) is -4.19. The van der Waals surface area contributed by atoms with Crippen LogP contribution in [0, 0.1) is 52.7 Å². The molecule has 3 amide bonds. The zero-order chi connectivity index (χ0) is 80.8. The van der Waals surface area contributed by atoms with E-state index in [0.717, 1.165) is 36.4 Å². The first-order valence-corrected chi connectivity index (χ1v) is 37.4. The molecule has 114 heavy (non-hydrogen) atoms. The van der Waals surface area contributed by atoms with Crippen molar-refractivity contribution in [3.8, 4) is 0 Å². The monoisotopic (exact) mass is 1790 g/mol. The Morgan fingerprint density at radius 1 is 0.395 bits per heavy atom. The highest BCUT2D eigenvalue weighted by atomic mass is 79.9. The van der Waals surface area contributed by atoms with E-state index < -0.39 is 197 Å². The number of H-pyrrole nitrogens is 3. The molecule has 0 saturated heterocycles. The third kappa shape index (κ3) is 14.7. The summed E-state index contributed by atoms with van der Waals surface area (Å²) in [5.41, 5.74) is 0.668. The van der Waals surface area contributed by atoms with Gasteiger partial charge in [0.2, 0.25) is 17.7 Å². The molecule has 0 aliphatic heterocycles. The summed E-state index contributed by atoms with van der Waals surface area (Å²) < 4.78 is 258. The van der Waals surface area contributed by atoms with Crippen molar-refractivity contribution in [2.75, 3.05) is 0 Å². The molecule has 0 bridgehead atoms. The number of pyridine rings is 3. The molecule has 0 radical (unpaired) electrons. The molecule has 0 spiro atoms. The molecule has 1 unspecified atom stereocenters. The fourth-order valence-corrected chi connectivity index (χ4v) is 17.8. The van der Waals surface area contributed by atoms with Crippen molar-refractivity contribution in [2.45, 2.75) is 131 Å². The fourth-order valence-electron chi connectivity index (χ4n) is 16.0. The Balaban J connectivity index is 0.000000129. The number of nitrogens with zero attached hydrogens (tertiary/aromatic N) is 9. The molecule has 6 aliphatic rings. The Hall–Kier alpha value is -10.1. The van der Waals surface area contributed by atoms with E-state index >= 15 is 0 Å². The maximum absolute atomic E-state index is 14.9. The van der Waals surface area contributed by atoms with Gasteiger partial charge in [0.15, 0.2) is 0 Å². The minimum Gasteiger partial charge on any atom is -0.360 e. The Kier molecular flexibility index (Phi) is 20.0. The van der Waals surface area contributed by atoms with Gasteiger partial charge in [0, 0.05) is 84.7 Å². The second kappa shape index (κ2) is 29.3. The van der Waals surface area contributed by atoms with Gasteiger partial charge in [0.05, 0.1) is 68.3 Å². The van der Waals surface area contributed by atoms with Crippen molar-refractivity contribution < 1.29 is 93.4 Å². The predicted octanol–water partition coefficient (Wildman–Crippen LogP) is 18.1. The Morgan fingerprint density at radius 3 is 0.877 bits per heavy atom. The lowest BCUT2D eigenvalue weighted by Gasteiger charge is -2.21. The molecule has 6 aliphatic carbocycles. The largest absolute Gasteiger partial charge is 0.360 e. The Morgan fingerprint density at radius 2 is 0.640 bits per heavy atom. The molecule has 3 saturated carbocycles. The second-order valence-electron chi connectivity index (χ2n) is 28.6. The van der Waals surface area contributed by atoms with E-state index in [1.54, 1.807) is 55.0 Å². The number of hydrogen-bond acceptors (Lipinski definition) is 9. The van der Waals surface area contributed by atoms with Crippen molar-refractivity contribution in [2.24, 2.45) is 17.8 Å². The quantitative estimate of drug-likeness (QED) is 0.0376. The third-order valence-electron chi connectivity index (χ3n) is 21.0. The number of hydrogen-bond donors (Lipinski definition) is 6. The van der Waals surface area contributed by atoms with Crippen molar-refractivity contribution in [3.63, 3.8) is 0 Å². The van der Waals surface area contributed by atoms with Crippen LogP contribution in [0.25, 0.3) is 33.1 Å². The van der Waals surface area contributed by atoms with Gasteiger partial charge in [0.1, 0.15) is 88.7 Å². The summed E-state index contributed by atoms with van der Waals surface area (Å²) in [7, 11) is 0. The van der Waals surface area contributed by atoms with Crippen LogP contribution in [0.3, 0.4) is 0 Å². The van der Waals surface area contributed by atoms with Gasteiger partial charge in [-0.1, -0.05) is 0 Å². The van der Waals surface area contributed by atoms with Gasteiger partial charge in [-0.15, -0.1) is 0 Å². The summed E-state index contributed by atoms with van der Waals surface area (Å²) in [6.45, 7) is -2.24. The normalized spacial score (nSPS) is 20.0. The average molecular weight is 1800 g/mol. The van der Waals surface area contributed by atoms with Crippen LogP contribution >= 0.6 is 47.8 Å². The number of fused-ring (bicyclic) bond motifs is 12. The van der Waals surface area contributed by atoms with E-state index in [2.05, 4.69) is 109 Å². The van der Waals surface area contributed by atoms with Gasteiger partial charge in [-0.3, -0.25) is 28.4 Å². The molecule has 9 aromatic heterocycles. The standard InChI is InChI=1S/3C25H18BrF6N5O/c3*26-15-8-17-16(1-2-33-17)35-21(15)18(5-10-3-11(27)6-12(28)4-10)34-19(38)9-37-23-20(22(36-37)24(29)30)13-7-14(13)25(23,31)32/h3*1-4,6,8,13-14,18,24,33H,5,7,9H2,(H,34,38)/t13-,14+,18?;13-,14+,18+;13-,14+,18-/m000/s1. The van der Waals surface area contributed by atoms with Crippen LogP contribution in [0.15, 0.2) is 123 Å². The van der Waals surface area contributed by atoms with Crippen LogP contribution in [0.1, 0.15) is 159 Å². The summed E-state index contributed by atoms with van der Waals surface area (Å²) in [6, 6.07) is 16.1. The van der Waals surface area contributed by atoms with E-state index in [9.17, 15) is 93.4 Å². The molecule has 3 aromatic carbocycles. The van der Waals surface area contributed by atoms with E-state index in [0.29, 0.717) is 95.8 Å². The highest BCUT2D eigenvalue weighted by molar-refractivity contribution is 9.11. The first-order valence-electron chi connectivity index (χ1n) is 35.0. The first-order chi connectivity index (χ1) is 54.1. The molecule has 3 fully saturated rings. The number of halogens is 21. The van der Waals surface area contributed by atoms with E-state index in [1.165, 1.54) is 0 Å². The minimum absolute atomic E-state index is 0.0955.